The molecule has 3 aromatic carbocycles. The molecule has 1 aliphatic rings. The third-order valence-electron chi connectivity index (χ3n) is 7.37. The summed E-state index contributed by atoms with van der Waals surface area (Å²) in [6.45, 7) is 0.208. The van der Waals surface area contributed by atoms with Crippen molar-refractivity contribution in [2.75, 3.05) is 6.26 Å². The van der Waals surface area contributed by atoms with Gasteiger partial charge in [0.15, 0.2) is 32.7 Å². The Balaban J connectivity index is 1.65. The second kappa shape index (κ2) is 11.3. The van der Waals surface area contributed by atoms with Crippen LogP contribution in [0.4, 0.5) is 39.5 Å². The van der Waals surface area contributed by atoms with Crippen LogP contribution in [0.3, 0.4) is 0 Å². The van der Waals surface area contributed by atoms with E-state index in [1.165, 1.54) is 19.1 Å². The smallest absolute Gasteiger partial charge is 0.395 e. The fourth-order valence-corrected chi connectivity index (χ4v) is 6.16. The molecule has 0 unspecified atom stereocenters. The molecule has 3 heterocycles. The van der Waals surface area contributed by atoms with Gasteiger partial charge in [-0.25, -0.2) is 22.8 Å². The van der Waals surface area contributed by atoms with E-state index in [1.807, 2.05) is 0 Å². The number of aliphatic hydroxyl groups excluding tert-OH is 1. The maximum absolute atomic E-state index is 15.1. The number of aliphatic hydroxyl groups is 1. The molecule has 49 heavy (non-hydrogen) atoms. The topological polar surface area (TPSA) is 108 Å². The predicted octanol–water partition coefficient (Wildman–Crippen LogP) is 7.09. The second-order valence-corrected chi connectivity index (χ2v) is 12.7. The van der Waals surface area contributed by atoms with Gasteiger partial charge in [-0.15, -0.1) is 8.78 Å². The van der Waals surface area contributed by atoms with Crippen molar-refractivity contribution in [3.05, 3.63) is 89.5 Å². The number of hydrogen-bond acceptors (Lipinski definition) is 7. The Hall–Kier alpha value is -5.04. The lowest BCUT2D eigenvalue weighted by Gasteiger charge is -2.17. The van der Waals surface area contributed by atoms with Crippen LogP contribution in [-0.4, -0.2) is 45.2 Å². The van der Waals surface area contributed by atoms with Crippen LogP contribution in [-0.2, 0) is 28.8 Å². The van der Waals surface area contributed by atoms with Gasteiger partial charge in [-0.05, 0) is 54.4 Å². The predicted molar refractivity (Wildman–Crippen MR) is 151 cm³/mol. The molecule has 0 saturated heterocycles. The van der Waals surface area contributed by atoms with Crippen molar-refractivity contribution in [1.29, 1.82) is 0 Å². The molecule has 1 aliphatic heterocycles. The third-order valence-corrected chi connectivity index (χ3v) is 8.54. The van der Waals surface area contributed by atoms with Crippen LogP contribution in [0.1, 0.15) is 22.8 Å². The van der Waals surface area contributed by atoms with Crippen molar-refractivity contribution in [2.24, 2.45) is 0 Å². The first-order chi connectivity index (χ1) is 22.7. The van der Waals surface area contributed by atoms with Gasteiger partial charge in [-0.2, -0.15) is 26.3 Å². The Bertz CT molecular complexity index is 2240. The van der Waals surface area contributed by atoms with Crippen LogP contribution in [0.5, 0.6) is 11.5 Å². The summed E-state index contributed by atoms with van der Waals surface area (Å²) in [6.07, 6.45) is -12.2. The standard InChI is InChI=1S/C30H19F9N4O5S/c1-14-40-25(28(32,33)34)11-42(14)21-5-3-15(16-8-20(31)19(13-44)24(9-16)49(2,45)46)7-18(21)27-41-26(29(35,36)37)12-43(27)17-4-6-22-23(10-17)48-30(38,39)47-22/h3-12,44H,13H2,1-2H3. The molecule has 0 aliphatic carbocycles. The number of fused-ring (bicyclic) bond motifs is 1. The molecule has 6 rings (SSSR count). The van der Waals surface area contributed by atoms with Gasteiger partial charge in [-0.1, -0.05) is 6.07 Å². The summed E-state index contributed by atoms with van der Waals surface area (Å²) in [5.41, 5.74) is -4.27. The van der Waals surface area contributed by atoms with Crippen molar-refractivity contribution in [1.82, 2.24) is 19.1 Å². The average Bonchev–Trinajstić information content (AvgIpc) is 3.69. The van der Waals surface area contributed by atoms with Gasteiger partial charge in [0.25, 0.3) is 0 Å². The molecule has 0 spiro atoms. The van der Waals surface area contributed by atoms with E-state index >= 15 is 4.39 Å². The summed E-state index contributed by atoms with van der Waals surface area (Å²) in [5.74, 6) is -2.94. The van der Waals surface area contributed by atoms with Crippen LogP contribution in [0.25, 0.3) is 33.9 Å². The highest BCUT2D eigenvalue weighted by Crippen LogP contribution is 2.44. The minimum absolute atomic E-state index is 0.0331. The summed E-state index contributed by atoms with van der Waals surface area (Å²) >= 11 is 0. The molecule has 0 amide bonds. The van der Waals surface area contributed by atoms with Crippen molar-refractivity contribution >= 4 is 9.84 Å². The summed E-state index contributed by atoms with van der Waals surface area (Å²) in [7, 11) is -4.13. The zero-order chi connectivity index (χ0) is 35.8. The molecular formula is C30H19F9N4O5S. The van der Waals surface area contributed by atoms with Gasteiger partial charge in [0, 0.05) is 35.8 Å². The highest BCUT2D eigenvalue weighted by Gasteiger charge is 2.44. The minimum atomic E-state index is -5.08. The lowest BCUT2D eigenvalue weighted by Crippen LogP contribution is -2.25. The van der Waals surface area contributed by atoms with Gasteiger partial charge >= 0.3 is 18.6 Å². The van der Waals surface area contributed by atoms with E-state index in [2.05, 4.69) is 19.4 Å². The number of sulfone groups is 1. The molecule has 0 radical (unpaired) electrons. The number of hydrogen-bond donors (Lipinski definition) is 1. The lowest BCUT2D eigenvalue weighted by atomic mass is 9.99. The van der Waals surface area contributed by atoms with Crippen molar-refractivity contribution in [3.8, 4) is 45.4 Å². The minimum Gasteiger partial charge on any atom is -0.395 e. The maximum atomic E-state index is 15.1. The van der Waals surface area contributed by atoms with Gasteiger partial charge in [-0.3, -0.25) is 4.57 Å². The fraction of sp³-hybridized carbons (Fsp3) is 0.200. The molecule has 5 aromatic rings. The number of benzene rings is 3. The molecule has 0 saturated carbocycles. The van der Waals surface area contributed by atoms with Crippen LogP contribution in [0.2, 0.25) is 0 Å². The number of aromatic nitrogens is 4. The van der Waals surface area contributed by atoms with Gasteiger partial charge in [0.05, 0.1) is 22.9 Å². The molecule has 19 heteroatoms. The van der Waals surface area contributed by atoms with E-state index in [9.17, 15) is 48.6 Å². The normalized spacial score (nSPS) is 14.4. The molecule has 0 atom stereocenters. The van der Waals surface area contributed by atoms with Gasteiger partial charge < -0.3 is 19.1 Å². The molecule has 0 bridgehead atoms. The van der Waals surface area contributed by atoms with Crippen LogP contribution < -0.4 is 9.47 Å². The van der Waals surface area contributed by atoms with E-state index in [-0.39, 0.29) is 33.9 Å². The maximum Gasteiger partial charge on any atom is 0.586 e. The number of aryl methyl sites for hydroxylation is 1. The zero-order valence-corrected chi connectivity index (χ0v) is 25.5. The number of rotatable bonds is 6. The Kier molecular flexibility index (Phi) is 7.78. The van der Waals surface area contributed by atoms with Gasteiger partial charge in [0.1, 0.15) is 17.5 Å². The van der Waals surface area contributed by atoms with Crippen LogP contribution >= 0.6 is 0 Å². The number of imidazole rings is 2. The quantitative estimate of drug-likeness (QED) is 0.187. The average molecular weight is 719 g/mol. The van der Waals surface area contributed by atoms with E-state index in [0.717, 1.165) is 51.8 Å². The molecule has 9 nitrogen and oxygen atoms in total. The third kappa shape index (κ3) is 6.30. The number of ether oxygens (including phenoxy) is 2. The summed E-state index contributed by atoms with van der Waals surface area (Å²) in [6, 6.07) is 8.43. The van der Waals surface area contributed by atoms with Crippen LogP contribution in [0, 0.1) is 12.7 Å². The largest absolute Gasteiger partial charge is 0.586 e. The molecular weight excluding hydrogens is 699 g/mol. The molecule has 258 valence electrons. The van der Waals surface area contributed by atoms with Gasteiger partial charge in [0.2, 0.25) is 0 Å². The Morgan fingerprint density at radius 3 is 2.08 bits per heavy atom. The highest BCUT2D eigenvalue weighted by atomic mass is 32.2. The fourth-order valence-electron chi connectivity index (χ4n) is 5.21. The van der Waals surface area contributed by atoms with Crippen molar-refractivity contribution in [3.63, 3.8) is 0 Å². The Morgan fingerprint density at radius 2 is 1.47 bits per heavy atom. The summed E-state index contributed by atoms with van der Waals surface area (Å²) < 4.78 is 161. The van der Waals surface area contributed by atoms with Crippen LogP contribution in [0.15, 0.2) is 65.8 Å². The zero-order valence-electron chi connectivity index (χ0n) is 24.7. The highest BCUT2D eigenvalue weighted by molar-refractivity contribution is 7.90. The molecule has 1 N–H and O–H groups in total. The number of nitrogens with zero attached hydrogens (tertiary/aromatic N) is 4. The SMILES string of the molecule is Cc1nc(C(F)(F)F)cn1-c1ccc(-c2cc(F)c(CO)c(S(C)(=O)=O)c2)cc1-c1nc(C(F)(F)F)cn1-c1ccc2c(c1)OC(F)(F)O2. The van der Waals surface area contributed by atoms with E-state index < -0.39 is 80.1 Å². The molecule has 2 aromatic heterocycles. The number of halogens is 9. The first-order valence-electron chi connectivity index (χ1n) is 13.6. The monoisotopic (exact) mass is 718 g/mol. The summed E-state index contributed by atoms with van der Waals surface area (Å²) in [4.78, 5) is 6.64. The molecule has 0 fully saturated rings. The summed E-state index contributed by atoms with van der Waals surface area (Å²) in [5, 5.41) is 9.60. The Labute approximate surface area is 269 Å². The van der Waals surface area contributed by atoms with E-state index in [0.29, 0.717) is 12.4 Å². The Morgan fingerprint density at radius 1 is 0.837 bits per heavy atom. The van der Waals surface area contributed by atoms with E-state index in [1.54, 1.807) is 0 Å². The first kappa shape index (κ1) is 33.8. The van der Waals surface area contributed by atoms with E-state index in [4.69, 9.17) is 0 Å². The first-order valence-corrected chi connectivity index (χ1v) is 15.5. The lowest BCUT2D eigenvalue weighted by molar-refractivity contribution is -0.286. The van der Waals surface area contributed by atoms with Crippen molar-refractivity contribution < 1.29 is 62.5 Å². The van der Waals surface area contributed by atoms with Crippen molar-refractivity contribution in [2.45, 2.75) is 37.1 Å². The number of alkyl halides is 8. The second-order valence-electron chi connectivity index (χ2n) is 10.8.